The molecule has 0 N–H and O–H groups in total. The van der Waals surface area contributed by atoms with Crippen molar-refractivity contribution in [2.75, 3.05) is 6.61 Å². The van der Waals surface area contributed by atoms with Crippen LogP contribution in [-0.4, -0.2) is 41.3 Å². The third-order valence-electron chi connectivity index (χ3n) is 5.91. The lowest BCUT2D eigenvalue weighted by Crippen LogP contribution is -2.50. The van der Waals surface area contributed by atoms with Crippen LogP contribution in [0, 0.1) is 11.8 Å². The fraction of sp³-hybridized carbons (Fsp3) is 0.579. The predicted molar refractivity (Wildman–Crippen MR) is 88.2 cm³/mol. The Bertz CT molecular complexity index is 678. The Balaban J connectivity index is 1.61. The van der Waals surface area contributed by atoms with Crippen LogP contribution in [0.4, 0.5) is 0 Å². The molecule has 0 unspecified atom stereocenters. The molecular formula is C19H23NO5. The molecule has 1 aromatic carbocycles. The van der Waals surface area contributed by atoms with Gasteiger partial charge < -0.3 is 4.74 Å². The van der Waals surface area contributed by atoms with Gasteiger partial charge in [0, 0.05) is 17.4 Å². The third kappa shape index (κ3) is 2.43. The SMILES string of the molecule is CCOC(=O)[C@@H]1ON2O[C@H](C(=O)c3ccccc3)[C@H]3CCC[C@@H]1[C@]32C. The molecule has 0 radical (unpaired) electrons. The van der Waals surface area contributed by atoms with Crippen LogP contribution in [-0.2, 0) is 19.2 Å². The van der Waals surface area contributed by atoms with Crippen molar-refractivity contribution in [3.05, 3.63) is 35.9 Å². The van der Waals surface area contributed by atoms with E-state index in [1.807, 2.05) is 25.1 Å². The number of ether oxygens (including phenoxy) is 1. The van der Waals surface area contributed by atoms with Crippen molar-refractivity contribution < 1.29 is 24.0 Å². The minimum Gasteiger partial charge on any atom is -0.464 e. The van der Waals surface area contributed by atoms with E-state index in [1.165, 1.54) is 5.23 Å². The molecule has 6 heteroatoms. The van der Waals surface area contributed by atoms with Gasteiger partial charge in [0.2, 0.25) is 0 Å². The normalized spacial score (nSPS) is 36.9. The minimum absolute atomic E-state index is 0.00150. The summed E-state index contributed by atoms with van der Waals surface area (Å²) in [5, 5.41) is 1.43. The topological polar surface area (TPSA) is 65.1 Å². The Kier molecular flexibility index (Phi) is 4.14. The summed E-state index contributed by atoms with van der Waals surface area (Å²) in [6, 6.07) is 9.19. The lowest BCUT2D eigenvalue weighted by atomic mass is 9.64. The zero-order chi connectivity index (χ0) is 17.6. The number of hydrogen-bond acceptors (Lipinski definition) is 6. The minimum atomic E-state index is -0.652. The van der Waals surface area contributed by atoms with Gasteiger partial charge in [0.05, 0.1) is 12.1 Å². The average Bonchev–Trinajstić information content (AvgIpc) is 3.09. The molecule has 25 heavy (non-hydrogen) atoms. The molecule has 1 saturated carbocycles. The summed E-state index contributed by atoms with van der Waals surface area (Å²) in [7, 11) is 0. The molecule has 1 aliphatic carbocycles. The lowest BCUT2D eigenvalue weighted by molar-refractivity contribution is -0.361. The second kappa shape index (κ2) is 6.20. The Morgan fingerprint density at radius 1 is 1.16 bits per heavy atom. The highest BCUT2D eigenvalue weighted by atomic mass is 17.0. The Labute approximate surface area is 146 Å². The first kappa shape index (κ1) is 16.7. The van der Waals surface area contributed by atoms with Gasteiger partial charge in [-0.1, -0.05) is 42.0 Å². The van der Waals surface area contributed by atoms with Crippen LogP contribution < -0.4 is 0 Å². The molecule has 2 saturated heterocycles. The molecule has 3 fully saturated rings. The smallest absolute Gasteiger partial charge is 0.337 e. The highest BCUT2D eigenvalue weighted by molar-refractivity contribution is 6.00. The van der Waals surface area contributed by atoms with Crippen LogP contribution in [0.25, 0.3) is 0 Å². The number of nitrogens with zero attached hydrogens (tertiary/aromatic N) is 1. The second-order valence-corrected chi connectivity index (χ2v) is 7.16. The van der Waals surface area contributed by atoms with Gasteiger partial charge >= 0.3 is 5.97 Å². The zero-order valence-corrected chi connectivity index (χ0v) is 14.5. The number of esters is 1. The van der Waals surface area contributed by atoms with Crippen molar-refractivity contribution in [2.45, 2.75) is 50.9 Å². The van der Waals surface area contributed by atoms with E-state index in [4.69, 9.17) is 14.4 Å². The van der Waals surface area contributed by atoms with Crippen LogP contribution in [0.1, 0.15) is 43.5 Å². The van der Waals surface area contributed by atoms with Gasteiger partial charge in [-0.3, -0.25) is 14.5 Å². The second-order valence-electron chi connectivity index (χ2n) is 7.16. The monoisotopic (exact) mass is 345 g/mol. The van der Waals surface area contributed by atoms with Crippen molar-refractivity contribution in [1.29, 1.82) is 0 Å². The van der Waals surface area contributed by atoms with Crippen molar-refractivity contribution >= 4 is 11.8 Å². The van der Waals surface area contributed by atoms with Crippen molar-refractivity contribution in [2.24, 2.45) is 11.8 Å². The maximum atomic E-state index is 12.9. The van der Waals surface area contributed by atoms with E-state index in [1.54, 1.807) is 19.1 Å². The summed E-state index contributed by atoms with van der Waals surface area (Å²) in [5.41, 5.74) is 0.159. The molecule has 0 amide bonds. The van der Waals surface area contributed by atoms with Gasteiger partial charge in [0.1, 0.15) is 6.10 Å². The highest BCUT2D eigenvalue weighted by Gasteiger charge is 2.68. The van der Waals surface area contributed by atoms with E-state index in [0.29, 0.717) is 12.2 Å². The summed E-state index contributed by atoms with van der Waals surface area (Å²) in [4.78, 5) is 36.9. The molecule has 2 heterocycles. The van der Waals surface area contributed by atoms with E-state index in [0.717, 1.165) is 19.3 Å². The molecule has 0 bridgehead atoms. The average molecular weight is 345 g/mol. The van der Waals surface area contributed by atoms with E-state index < -0.39 is 17.7 Å². The number of carbonyl (C=O) groups is 2. The molecular weight excluding hydrogens is 322 g/mol. The van der Waals surface area contributed by atoms with Crippen LogP contribution >= 0.6 is 0 Å². The molecule has 0 aromatic heterocycles. The fourth-order valence-corrected chi connectivity index (χ4v) is 4.64. The van der Waals surface area contributed by atoms with Gasteiger partial charge in [0.25, 0.3) is 0 Å². The molecule has 2 aliphatic heterocycles. The number of hydrogen-bond donors (Lipinski definition) is 0. The van der Waals surface area contributed by atoms with Crippen LogP contribution in [0.2, 0.25) is 0 Å². The van der Waals surface area contributed by atoms with Crippen molar-refractivity contribution in [3.63, 3.8) is 0 Å². The zero-order valence-electron chi connectivity index (χ0n) is 14.5. The number of hydroxylamine groups is 2. The van der Waals surface area contributed by atoms with Crippen molar-refractivity contribution in [3.8, 4) is 0 Å². The number of Topliss-reactive ketones (excluding diaryl/α,β-unsaturated/α-hetero) is 1. The van der Waals surface area contributed by atoms with E-state index in [9.17, 15) is 9.59 Å². The Hall–Kier alpha value is -1.76. The van der Waals surface area contributed by atoms with Crippen LogP contribution in [0.5, 0.6) is 0 Å². The number of rotatable bonds is 4. The maximum Gasteiger partial charge on any atom is 0.337 e. The first-order chi connectivity index (χ1) is 12.1. The molecule has 3 aliphatic rings. The van der Waals surface area contributed by atoms with Gasteiger partial charge in [-0.2, -0.15) is 0 Å². The van der Waals surface area contributed by atoms with Gasteiger partial charge in [-0.25, -0.2) is 4.79 Å². The molecule has 0 spiro atoms. The molecule has 4 rings (SSSR count). The van der Waals surface area contributed by atoms with E-state index in [-0.39, 0.29) is 23.6 Å². The van der Waals surface area contributed by atoms with Gasteiger partial charge in [0.15, 0.2) is 11.9 Å². The van der Waals surface area contributed by atoms with Crippen LogP contribution in [0.15, 0.2) is 30.3 Å². The first-order valence-electron chi connectivity index (χ1n) is 8.97. The van der Waals surface area contributed by atoms with Gasteiger partial charge in [-0.15, -0.1) is 0 Å². The lowest BCUT2D eigenvalue weighted by Gasteiger charge is -2.39. The Morgan fingerprint density at radius 2 is 1.80 bits per heavy atom. The largest absolute Gasteiger partial charge is 0.464 e. The van der Waals surface area contributed by atoms with Gasteiger partial charge in [-0.05, 0) is 26.7 Å². The van der Waals surface area contributed by atoms with E-state index in [2.05, 4.69) is 0 Å². The maximum absolute atomic E-state index is 12.9. The quantitative estimate of drug-likeness (QED) is 0.617. The van der Waals surface area contributed by atoms with Crippen molar-refractivity contribution in [1.82, 2.24) is 5.23 Å². The molecule has 1 aromatic rings. The molecule has 134 valence electrons. The molecule has 6 nitrogen and oxygen atoms in total. The standard InChI is InChI=1S/C19H23NO5/c1-3-23-18(22)17-14-11-7-10-13-16(24-20(25-17)19(13,14)2)15(21)12-8-5-4-6-9-12/h4-6,8-9,13-14,16-17H,3,7,10-11H2,1-2H3/t13-,14+,16+,17-,19+/m1/s1. The number of carbonyl (C=O) groups excluding carboxylic acids is 2. The molecule has 5 atom stereocenters. The fourth-order valence-electron chi connectivity index (χ4n) is 4.64. The van der Waals surface area contributed by atoms with Crippen LogP contribution in [0.3, 0.4) is 0 Å². The number of ketones is 1. The summed E-state index contributed by atoms with van der Waals surface area (Å²) in [5.74, 6) is -0.409. The summed E-state index contributed by atoms with van der Waals surface area (Å²) < 4.78 is 5.16. The predicted octanol–water partition coefficient (Wildman–Crippen LogP) is 2.54. The highest BCUT2D eigenvalue weighted by Crippen LogP contribution is 2.56. The summed E-state index contributed by atoms with van der Waals surface area (Å²) in [6.07, 6.45) is 1.47. The third-order valence-corrected chi connectivity index (χ3v) is 5.91. The number of benzene rings is 1. The summed E-state index contributed by atoms with van der Waals surface area (Å²) >= 11 is 0. The van der Waals surface area contributed by atoms with E-state index >= 15 is 0 Å². The summed E-state index contributed by atoms with van der Waals surface area (Å²) in [6.45, 7) is 4.14. The Morgan fingerprint density at radius 3 is 2.48 bits per heavy atom. The first-order valence-corrected chi connectivity index (χ1v) is 8.97.